The highest BCUT2D eigenvalue weighted by atomic mass is 16.6. The lowest BCUT2D eigenvalue weighted by Crippen LogP contribution is -2.48. The van der Waals surface area contributed by atoms with Crippen LogP contribution in [0.5, 0.6) is 0 Å². The Balaban J connectivity index is 1.42. The molecule has 1 N–H and O–H groups in total. The lowest BCUT2D eigenvalue weighted by molar-refractivity contribution is -0.156. The van der Waals surface area contributed by atoms with Gasteiger partial charge in [0.15, 0.2) is 0 Å². The lowest BCUT2D eigenvalue weighted by Gasteiger charge is -2.38. The van der Waals surface area contributed by atoms with Crippen LogP contribution in [0.1, 0.15) is 24.3 Å². The third-order valence-corrected chi connectivity index (χ3v) is 5.33. The van der Waals surface area contributed by atoms with Crippen molar-refractivity contribution < 1.29 is 19.4 Å². The molecule has 5 unspecified atom stereocenters. The molecule has 3 saturated heterocycles. The Bertz CT molecular complexity index is 545. The van der Waals surface area contributed by atoms with Crippen LogP contribution < -0.4 is 0 Å². The van der Waals surface area contributed by atoms with Gasteiger partial charge in [-0.1, -0.05) is 30.3 Å². The van der Waals surface area contributed by atoms with Crippen LogP contribution >= 0.6 is 0 Å². The summed E-state index contributed by atoms with van der Waals surface area (Å²) in [7, 11) is 2.13. The number of aliphatic hydroxyl groups is 1. The SMILES string of the molecule is CN1C2CC(OC(=O)C(CO)c3ccccc3)CC1[C@H]1OC21. The van der Waals surface area contributed by atoms with Gasteiger partial charge in [0.25, 0.3) is 0 Å². The summed E-state index contributed by atoms with van der Waals surface area (Å²) in [5.74, 6) is -0.915. The van der Waals surface area contributed by atoms with E-state index >= 15 is 0 Å². The van der Waals surface area contributed by atoms with Gasteiger partial charge in [-0.25, -0.2) is 0 Å². The first-order valence-corrected chi connectivity index (χ1v) is 7.92. The number of aliphatic hydroxyl groups excluding tert-OH is 1. The van der Waals surface area contributed by atoms with Gasteiger partial charge >= 0.3 is 5.97 Å². The van der Waals surface area contributed by atoms with Crippen molar-refractivity contribution in [3.63, 3.8) is 0 Å². The highest BCUT2D eigenvalue weighted by molar-refractivity contribution is 5.78. The van der Waals surface area contributed by atoms with Crippen LogP contribution in [0.2, 0.25) is 0 Å². The maximum Gasteiger partial charge on any atom is 0.316 e. The molecule has 3 heterocycles. The van der Waals surface area contributed by atoms with Crippen molar-refractivity contribution >= 4 is 5.97 Å². The summed E-state index contributed by atoms with van der Waals surface area (Å²) < 4.78 is 11.4. The molecular weight excluding hydrogens is 282 g/mol. The summed E-state index contributed by atoms with van der Waals surface area (Å²) in [6.07, 6.45) is 2.26. The third kappa shape index (κ3) is 2.24. The first-order chi connectivity index (χ1) is 10.7. The van der Waals surface area contributed by atoms with Gasteiger partial charge in [0.05, 0.1) is 6.61 Å². The molecule has 118 valence electrons. The number of epoxide rings is 1. The number of carbonyl (C=O) groups is 1. The number of hydrogen-bond acceptors (Lipinski definition) is 5. The lowest BCUT2D eigenvalue weighted by atomic mass is 9.97. The van der Waals surface area contributed by atoms with E-state index < -0.39 is 5.92 Å². The van der Waals surface area contributed by atoms with E-state index in [1.807, 2.05) is 30.3 Å². The van der Waals surface area contributed by atoms with Crippen molar-refractivity contribution in [2.24, 2.45) is 0 Å². The second kappa shape index (κ2) is 5.33. The highest BCUT2D eigenvalue weighted by Crippen LogP contribution is 2.48. The van der Waals surface area contributed by atoms with E-state index in [2.05, 4.69) is 11.9 Å². The standard InChI is InChI=1S/C17H21NO4/c1-18-13-7-11(8-14(18)16-15(13)22-16)21-17(20)12(9-19)10-5-3-2-4-6-10/h2-6,11-16,19H,7-9H2,1H3/t11?,12?,13?,14?,15-,16?/m1/s1. The summed E-state index contributed by atoms with van der Waals surface area (Å²) in [4.78, 5) is 14.8. The molecule has 3 fully saturated rings. The second-order valence-corrected chi connectivity index (χ2v) is 6.54. The van der Waals surface area contributed by atoms with Crippen molar-refractivity contribution in [3.05, 3.63) is 35.9 Å². The first-order valence-electron chi connectivity index (χ1n) is 7.92. The van der Waals surface area contributed by atoms with Crippen LogP contribution in [0.4, 0.5) is 0 Å². The Morgan fingerprint density at radius 2 is 1.95 bits per heavy atom. The van der Waals surface area contributed by atoms with E-state index in [4.69, 9.17) is 9.47 Å². The van der Waals surface area contributed by atoms with Crippen molar-refractivity contribution in [2.75, 3.05) is 13.7 Å². The average Bonchev–Trinajstić information content (AvgIpc) is 3.27. The minimum absolute atomic E-state index is 0.0622. The summed E-state index contributed by atoms with van der Waals surface area (Å²) >= 11 is 0. The number of piperidine rings is 1. The van der Waals surface area contributed by atoms with Gasteiger partial charge in [-0.05, 0) is 12.6 Å². The number of hydrogen-bond donors (Lipinski definition) is 1. The number of rotatable bonds is 4. The summed E-state index contributed by atoms with van der Waals surface area (Å²) in [5.41, 5.74) is 0.803. The molecule has 4 rings (SSSR count). The largest absolute Gasteiger partial charge is 0.462 e. The molecule has 0 aliphatic carbocycles. The molecule has 6 atom stereocenters. The highest BCUT2D eigenvalue weighted by Gasteiger charge is 2.62. The fourth-order valence-electron chi connectivity index (χ4n) is 4.04. The number of morpholine rings is 1. The maximum absolute atomic E-state index is 12.4. The number of carbonyl (C=O) groups excluding carboxylic acids is 1. The number of benzene rings is 1. The number of fused-ring (bicyclic) bond motifs is 5. The van der Waals surface area contributed by atoms with E-state index in [1.165, 1.54) is 0 Å². The van der Waals surface area contributed by atoms with Crippen molar-refractivity contribution in [1.82, 2.24) is 4.90 Å². The molecule has 0 spiro atoms. The third-order valence-electron chi connectivity index (χ3n) is 5.33. The minimum atomic E-state index is -0.593. The smallest absolute Gasteiger partial charge is 0.316 e. The molecule has 5 nitrogen and oxygen atoms in total. The van der Waals surface area contributed by atoms with Gasteiger partial charge in [0.2, 0.25) is 0 Å². The normalized spacial score (nSPS) is 37.5. The molecule has 22 heavy (non-hydrogen) atoms. The van der Waals surface area contributed by atoms with Gasteiger partial charge in [-0.2, -0.15) is 0 Å². The molecule has 0 amide bonds. The topological polar surface area (TPSA) is 62.3 Å². The van der Waals surface area contributed by atoms with E-state index in [1.54, 1.807) is 0 Å². The number of likely N-dealkylation sites (N-methyl/N-ethyl adjacent to an activating group) is 1. The molecule has 2 bridgehead atoms. The van der Waals surface area contributed by atoms with Crippen molar-refractivity contribution in [3.8, 4) is 0 Å². The van der Waals surface area contributed by atoms with Crippen LogP contribution in [0.25, 0.3) is 0 Å². The van der Waals surface area contributed by atoms with Crippen LogP contribution in [-0.2, 0) is 14.3 Å². The van der Waals surface area contributed by atoms with Gasteiger partial charge in [0.1, 0.15) is 24.2 Å². The number of esters is 1. The van der Waals surface area contributed by atoms with Gasteiger partial charge in [0, 0.05) is 24.9 Å². The maximum atomic E-state index is 12.4. The molecule has 3 aliphatic rings. The van der Waals surface area contributed by atoms with Crippen LogP contribution in [0.3, 0.4) is 0 Å². The second-order valence-electron chi connectivity index (χ2n) is 6.54. The zero-order chi connectivity index (χ0) is 15.3. The molecule has 3 aliphatic heterocycles. The first kappa shape index (κ1) is 14.2. The Kier molecular flexibility index (Phi) is 3.44. The molecule has 0 saturated carbocycles. The van der Waals surface area contributed by atoms with Gasteiger partial charge < -0.3 is 14.6 Å². The summed E-state index contributed by atoms with van der Waals surface area (Å²) in [6, 6.07) is 10.1. The fraction of sp³-hybridized carbons (Fsp3) is 0.588. The molecule has 1 aromatic rings. The molecular formula is C17H21NO4. The van der Waals surface area contributed by atoms with E-state index in [-0.39, 0.29) is 18.7 Å². The van der Waals surface area contributed by atoms with E-state index in [0.717, 1.165) is 18.4 Å². The minimum Gasteiger partial charge on any atom is -0.462 e. The monoisotopic (exact) mass is 303 g/mol. The number of ether oxygens (including phenoxy) is 2. The molecule has 5 heteroatoms. The average molecular weight is 303 g/mol. The Labute approximate surface area is 129 Å². The molecule has 0 aromatic heterocycles. The van der Waals surface area contributed by atoms with Crippen LogP contribution in [0.15, 0.2) is 30.3 Å². The number of nitrogens with zero attached hydrogens (tertiary/aromatic N) is 1. The van der Waals surface area contributed by atoms with Crippen molar-refractivity contribution in [1.29, 1.82) is 0 Å². The predicted octanol–water partition coefficient (Wildman–Crippen LogP) is 0.918. The summed E-state index contributed by atoms with van der Waals surface area (Å²) in [6.45, 7) is -0.226. The van der Waals surface area contributed by atoms with Gasteiger partial charge in [-0.3, -0.25) is 9.69 Å². The summed E-state index contributed by atoms with van der Waals surface area (Å²) in [5, 5.41) is 9.56. The zero-order valence-electron chi connectivity index (χ0n) is 12.6. The predicted molar refractivity (Wildman–Crippen MR) is 79.4 cm³/mol. The Morgan fingerprint density at radius 3 is 2.55 bits per heavy atom. The van der Waals surface area contributed by atoms with Crippen LogP contribution in [-0.4, -0.2) is 60.0 Å². The van der Waals surface area contributed by atoms with Crippen molar-refractivity contribution in [2.45, 2.75) is 49.2 Å². The zero-order valence-corrected chi connectivity index (χ0v) is 12.6. The van der Waals surface area contributed by atoms with E-state index in [9.17, 15) is 9.90 Å². The van der Waals surface area contributed by atoms with E-state index in [0.29, 0.717) is 24.3 Å². The molecule has 1 aromatic carbocycles. The van der Waals surface area contributed by atoms with Gasteiger partial charge in [-0.15, -0.1) is 0 Å². The van der Waals surface area contributed by atoms with Crippen LogP contribution in [0, 0.1) is 0 Å². The Morgan fingerprint density at radius 1 is 1.32 bits per heavy atom. The molecule has 0 radical (unpaired) electrons. The quantitative estimate of drug-likeness (QED) is 0.662. The Hall–Kier alpha value is -1.43. The fourth-order valence-corrected chi connectivity index (χ4v) is 4.04.